The van der Waals surface area contributed by atoms with Crippen LogP contribution < -0.4 is 4.74 Å². The molecule has 0 bridgehead atoms. The van der Waals surface area contributed by atoms with Gasteiger partial charge in [0.05, 0.1) is 0 Å². The largest absolute Gasteiger partial charge is 0.480 e. The van der Waals surface area contributed by atoms with Crippen molar-refractivity contribution in [3.05, 3.63) is 58.7 Å². The number of ether oxygens (including phenoxy) is 1. The molecule has 2 unspecified atom stereocenters. The molecule has 0 radical (unpaired) electrons. The van der Waals surface area contributed by atoms with Crippen molar-refractivity contribution in [2.24, 2.45) is 5.92 Å². The van der Waals surface area contributed by atoms with Crippen LogP contribution in [-0.2, 0) is 4.79 Å². The number of benzene rings is 2. The van der Waals surface area contributed by atoms with Crippen LogP contribution in [0.1, 0.15) is 73.0 Å². The number of carbonyl (C=O) groups is 2. The molecule has 2 aromatic carbocycles. The number of hydrogen-bond donors (Lipinski definition) is 0. The molecule has 2 atom stereocenters. The van der Waals surface area contributed by atoms with E-state index in [0.29, 0.717) is 0 Å². The Morgan fingerprint density at radius 1 is 1.03 bits per heavy atom. The summed E-state index contributed by atoms with van der Waals surface area (Å²) in [7, 11) is 0. The molecule has 1 aliphatic rings. The zero-order valence-corrected chi connectivity index (χ0v) is 19.7. The van der Waals surface area contributed by atoms with Crippen LogP contribution in [0.5, 0.6) is 5.75 Å². The first-order valence-electron chi connectivity index (χ1n) is 10.6. The van der Waals surface area contributed by atoms with Crippen LogP contribution in [-0.4, -0.2) is 23.4 Å². The summed E-state index contributed by atoms with van der Waals surface area (Å²) >= 11 is 1.68. The van der Waals surface area contributed by atoms with Crippen LogP contribution in [0.25, 0.3) is 0 Å². The Bertz CT molecular complexity index is 920. The van der Waals surface area contributed by atoms with Gasteiger partial charge in [-0.05, 0) is 88.5 Å². The van der Waals surface area contributed by atoms with Gasteiger partial charge in [0.1, 0.15) is 5.75 Å². The van der Waals surface area contributed by atoms with Gasteiger partial charge in [0.2, 0.25) is 0 Å². The average Bonchev–Trinajstić information content (AvgIpc) is 3.20. The second-order valence-corrected chi connectivity index (χ2v) is 9.77. The number of thioether (sulfide) groups is 1. The summed E-state index contributed by atoms with van der Waals surface area (Å²) in [6.45, 7) is 9.20. The SMILES string of the molecule is CSc1ccc(C(=O)C2CCCC2c2cc(C)c(OC(C)(C)C(C)=O)c(C)c2)cc1. The summed E-state index contributed by atoms with van der Waals surface area (Å²) in [5.74, 6) is 1.26. The van der Waals surface area contributed by atoms with Gasteiger partial charge in [-0.1, -0.05) is 30.7 Å². The lowest BCUT2D eigenvalue weighted by molar-refractivity contribution is -0.129. The minimum absolute atomic E-state index is 0.000628. The number of rotatable bonds is 7. The van der Waals surface area contributed by atoms with Gasteiger partial charge < -0.3 is 4.74 Å². The monoisotopic (exact) mass is 424 g/mol. The molecule has 0 heterocycles. The van der Waals surface area contributed by atoms with E-state index in [-0.39, 0.29) is 23.4 Å². The van der Waals surface area contributed by atoms with Gasteiger partial charge in [-0.2, -0.15) is 0 Å². The van der Waals surface area contributed by atoms with Crippen molar-refractivity contribution in [2.75, 3.05) is 6.26 Å². The molecule has 0 saturated heterocycles. The van der Waals surface area contributed by atoms with Gasteiger partial charge in [0, 0.05) is 16.4 Å². The third-order valence-electron chi connectivity index (χ3n) is 6.34. The van der Waals surface area contributed by atoms with Gasteiger partial charge in [0.25, 0.3) is 0 Å². The quantitative estimate of drug-likeness (QED) is 0.374. The maximum Gasteiger partial charge on any atom is 0.172 e. The Morgan fingerprint density at radius 2 is 1.63 bits per heavy atom. The highest BCUT2D eigenvalue weighted by molar-refractivity contribution is 7.98. The van der Waals surface area contributed by atoms with Crippen molar-refractivity contribution in [1.29, 1.82) is 0 Å². The summed E-state index contributed by atoms with van der Waals surface area (Å²) in [6.07, 6.45) is 5.07. The first kappa shape index (κ1) is 22.6. The van der Waals surface area contributed by atoms with E-state index in [9.17, 15) is 9.59 Å². The van der Waals surface area contributed by atoms with Crippen molar-refractivity contribution < 1.29 is 14.3 Å². The van der Waals surface area contributed by atoms with Crippen molar-refractivity contribution >= 4 is 23.3 Å². The molecule has 1 aliphatic carbocycles. The second kappa shape index (κ2) is 8.97. The van der Waals surface area contributed by atoms with Crippen molar-refractivity contribution in [3.8, 4) is 5.75 Å². The normalized spacial score (nSPS) is 19.0. The number of Topliss-reactive ketones (excluding diaryl/α,β-unsaturated/α-hetero) is 2. The van der Waals surface area contributed by atoms with Crippen LogP contribution in [0.3, 0.4) is 0 Å². The molecule has 160 valence electrons. The van der Waals surface area contributed by atoms with Crippen molar-refractivity contribution in [2.45, 2.75) is 70.3 Å². The highest BCUT2D eigenvalue weighted by atomic mass is 32.2. The average molecular weight is 425 g/mol. The summed E-state index contributed by atoms with van der Waals surface area (Å²) in [5, 5.41) is 0. The molecule has 0 spiro atoms. The smallest absolute Gasteiger partial charge is 0.172 e. The Hall–Kier alpha value is -2.07. The van der Waals surface area contributed by atoms with Crippen LogP contribution >= 0.6 is 11.8 Å². The van der Waals surface area contributed by atoms with Crippen molar-refractivity contribution in [1.82, 2.24) is 0 Å². The van der Waals surface area contributed by atoms with Gasteiger partial charge in [-0.15, -0.1) is 11.8 Å². The number of hydrogen-bond acceptors (Lipinski definition) is 4. The zero-order chi connectivity index (χ0) is 22.1. The van der Waals surface area contributed by atoms with E-state index in [2.05, 4.69) is 12.1 Å². The standard InChI is InChI=1S/C26H32O3S/c1-16-14-20(15-17(2)25(16)29-26(4,5)18(3)27)22-8-7-9-23(22)24(28)19-10-12-21(30-6)13-11-19/h10-15,22-23H,7-9H2,1-6H3. The number of ketones is 2. The van der Waals surface area contributed by atoms with E-state index in [0.717, 1.165) is 41.7 Å². The van der Waals surface area contributed by atoms with Crippen LogP contribution in [0.15, 0.2) is 41.3 Å². The van der Waals surface area contributed by atoms with Gasteiger partial charge in [-0.25, -0.2) is 0 Å². The van der Waals surface area contributed by atoms with Gasteiger partial charge >= 0.3 is 0 Å². The van der Waals surface area contributed by atoms with Crippen LogP contribution in [0.4, 0.5) is 0 Å². The maximum absolute atomic E-state index is 13.3. The molecule has 0 N–H and O–H groups in total. The summed E-state index contributed by atoms with van der Waals surface area (Å²) in [6, 6.07) is 12.3. The molecule has 1 fully saturated rings. The number of aryl methyl sites for hydroxylation is 2. The minimum Gasteiger partial charge on any atom is -0.480 e. The molecule has 3 nitrogen and oxygen atoms in total. The second-order valence-electron chi connectivity index (χ2n) is 8.89. The van der Waals surface area contributed by atoms with Crippen LogP contribution in [0, 0.1) is 19.8 Å². The Kier molecular flexibility index (Phi) is 6.76. The van der Waals surface area contributed by atoms with E-state index in [1.165, 1.54) is 10.5 Å². The molecule has 0 amide bonds. The lowest BCUT2D eigenvalue weighted by Gasteiger charge is -2.27. The first-order chi connectivity index (χ1) is 14.1. The van der Waals surface area contributed by atoms with E-state index < -0.39 is 5.60 Å². The molecule has 2 aromatic rings. The minimum atomic E-state index is -0.855. The summed E-state index contributed by atoms with van der Waals surface area (Å²) in [5.41, 5.74) is 3.19. The fourth-order valence-electron chi connectivity index (χ4n) is 4.33. The first-order valence-corrected chi connectivity index (χ1v) is 11.9. The fraction of sp³-hybridized carbons (Fsp3) is 0.462. The molecule has 1 saturated carbocycles. The van der Waals surface area contributed by atoms with E-state index in [1.54, 1.807) is 32.5 Å². The highest BCUT2D eigenvalue weighted by Crippen LogP contribution is 2.43. The van der Waals surface area contributed by atoms with Crippen LogP contribution in [0.2, 0.25) is 0 Å². The molecule has 0 aliphatic heterocycles. The summed E-state index contributed by atoms with van der Waals surface area (Å²) in [4.78, 5) is 26.3. The molecule has 3 rings (SSSR count). The third-order valence-corrected chi connectivity index (χ3v) is 7.09. The Labute approximate surface area is 184 Å². The molecule has 0 aromatic heterocycles. The maximum atomic E-state index is 13.3. The topological polar surface area (TPSA) is 43.4 Å². The Morgan fingerprint density at radius 3 is 2.17 bits per heavy atom. The third kappa shape index (κ3) is 4.64. The fourth-order valence-corrected chi connectivity index (χ4v) is 4.74. The molecule has 30 heavy (non-hydrogen) atoms. The number of carbonyl (C=O) groups excluding carboxylic acids is 2. The molecule has 4 heteroatoms. The lowest BCUT2D eigenvalue weighted by atomic mass is 9.82. The predicted molar refractivity (Wildman–Crippen MR) is 124 cm³/mol. The van der Waals surface area contributed by atoms with Crippen molar-refractivity contribution in [3.63, 3.8) is 0 Å². The zero-order valence-electron chi connectivity index (χ0n) is 18.9. The summed E-state index contributed by atoms with van der Waals surface area (Å²) < 4.78 is 6.09. The Balaban J connectivity index is 1.87. The lowest BCUT2D eigenvalue weighted by Crippen LogP contribution is -2.36. The molecular weight excluding hydrogens is 392 g/mol. The van der Waals surface area contributed by atoms with E-state index in [1.807, 2.05) is 44.4 Å². The van der Waals surface area contributed by atoms with E-state index in [4.69, 9.17) is 4.74 Å². The van der Waals surface area contributed by atoms with E-state index >= 15 is 0 Å². The van der Waals surface area contributed by atoms with Gasteiger partial charge in [-0.3, -0.25) is 9.59 Å². The predicted octanol–water partition coefficient (Wildman–Crippen LogP) is 6.54. The highest BCUT2D eigenvalue weighted by Gasteiger charge is 2.35. The molecular formula is C26H32O3S. The van der Waals surface area contributed by atoms with Gasteiger partial charge in [0.15, 0.2) is 17.2 Å².